The molecule has 3 aliphatic heterocycles. The molecule has 2 bridgehead atoms. The van der Waals surface area contributed by atoms with Gasteiger partial charge >= 0.3 is 6.03 Å². The fourth-order valence-electron chi connectivity index (χ4n) is 5.66. The number of nitrogens with zero attached hydrogens (tertiary/aromatic N) is 5. The van der Waals surface area contributed by atoms with E-state index in [0.717, 1.165) is 31.5 Å². The quantitative estimate of drug-likeness (QED) is 0.270. The van der Waals surface area contributed by atoms with Crippen molar-refractivity contribution in [3.05, 3.63) is 54.1 Å². The van der Waals surface area contributed by atoms with Crippen LogP contribution in [-0.4, -0.2) is 98.1 Å². The number of ether oxygens (including phenoxy) is 2. The van der Waals surface area contributed by atoms with E-state index in [4.69, 9.17) is 24.4 Å². The Morgan fingerprint density at radius 3 is 2.20 bits per heavy atom. The topological polar surface area (TPSA) is 146 Å². The second kappa shape index (κ2) is 13.5. The minimum Gasteiger partial charge on any atom is -0.377 e. The summed E-state index contributed by atoms with van der Waals surface area (Å²) in [5.74, 6) is 1.72. The maximum absolute atomic E-state index is 12.7. The second-order valence-corrected chi connectivity index (χ2v) is 11.3. The van der Waals surface area contributed by atoms with E-state index in [1.54, 1.807) is 24.3 Å². The van der Waals surface area contributed by atoms with Gasteiger partial charge in [-0.2, -0.15) is 15.0 Å². The van der Waals surface area contributed by atoms with E-state index in [0.29, 0.717) is 67.5 Å². The minimum atomic E-state index is -0.392. The van der Waals surface area contributed by atoms with E-state index < -0.39 is 6.03 Å². The molecule has 0 saturated carbocycles. The number of carbonyl (C=O) groups excluding carboxylic acids is 2. The lowest BCUT2D eigenvalue weighted by atomic mass is 10.2. The van der Waals surface area contributed by atoms with E-state index in [2.05, 4.69) is 38.0 Å². The van der Waals surface area contributed by atoms with Gasteiger partial charge in [0.05, 0.1) is 31.5 Å². The second-order valence-electron chi connectivity index (χ2n) is 11.3. The van der Waals surface area contributed by atoms with Crippen molar-refractivity contribution in [3.8, 4) is 11.4 Å². The number of anilines is 4. The molecule has 6 rings (SSSR count). The standard InChI is InChI=1S/C31H39N9O4/c1-20-19-43-16-15-40(20)30-37-27(36-29(38-30)39-17-25-11-12-26(18-39)44-25)21-3-7-23(8-4-21)34-31(42)35-24-9-5-22(6-10-24)28(41)33-14-13-32-2/h3-10,20,25-26,32H,11-19H2,1-2H3,(H,33,41)(H2,34,35,42)/t20-,25?,26?/m0/s1. The number of aromatic nitrogens is 3. The van der Waals surface area contributed by atoms with Crippen LogP contribution >= 0.6 is 0 Å². The number of hydrogen-bond donors (Lipinski definition) is 4. The van der Waals surface area contributed by atoms with Gasteiger partial charge in [0, 0.05) is 55.2 Å². The van der Waals surface area contributed by atoms with Crippen LogP contribution in [0.3, 0.4) is 0 Å². The molecule has 4 N–H and O–H groups in total. The zero-order valence-corrected chi connectivity index (χ0v) is 25.1. The van der Waals surface area contributed by atoms with Gasteiger partial charge in [-0.1, -0.05) is 0 Å². The number of morpholine rings is 2. The van der Waals surface area contributed by atoms with Crippen molar-refractivity contribution in [2.45, 2.75) is 38.0 Å². The van der Waals surface area contributed by atoms with Gasteiger partial charge in [-0.15, -0.1) is 0 Å². The third-order valence-corrected chi connectivity index (χ3v) is 8.03. The summed E-state index contributed by atoms with van der Waals surface area (Å²) in [5, 5.41) is 11.5. The van der Waals surface area contributed by atoms with E-state index in [-0.39, 0.29) is 24.2 Å². The number of likely N-dealkylation sites (N-methyl/N-ethyl adjacent to an activating group) is 1. The van der Waals surface area contributed by atoms with E-state index in [1.165, 1.54) is 0 Å². The maximum Gasteiger partial charge on any atom is 0.323 e. The molecule has 0 spiro atoms. The Balaban J connectivity index is 1.14. The number of carbonyl (C=O) groups is 2. The van der Waals surface area contributed by atoms with Crippen LogP contribution in [0.1, 0.15) is 30.1 Å². The fraction of sp³-hybridized carbons (Fsp3) is 0.452. The maximum atomic E-state index is 12.7. The van der Waals surface area contributed by atoms with Crippen LogP contribution < -0.4 is 31.1 Å². The van der Waals surface area contributed by atoms with E-state index in [9.17, 15) is 9.59 Å². The van der Waals surface area contributed by atoms with Crippen LogP contribution in [0.25, 0.3) is 11.4 Å². The predicted molar refractivity (Wildman–Crippen MR) is 168 cm³/mol. The molecule has 3 amide bonds. The van der Waals surface area contributed by atoms with Crippen molar-refractivity contribution in [2.75, 3.05) is 73.4 Å². The highest BCUT2D eigenvalue weighted by atomic mass is 16.5. The molecule has 1 aromatic heterocycles. The highest BCUT2D eigenvalue weighted by Gasteiger charge is 2.35. The van der Waals surface area contributed by atoms with Crippen molar-refractivity contribution in [3.63, 3.8) is 0 Å². The molecule has 3 atom stereocenters. The molecule has 2 aromatic carbocycles. The lowest BCUT2D eigenvalue weighted by Gasteiger charge is -2.35. The Morgan fingerprint density at radius 1 is 0.886 bits per heavy atom. The van der Waals surface area contributed by atoms with E-state index in [1.807, 2.05) is 31.3 Å². The number of rotatable bonds is 9. The van der Waals surface area contributed by atoms with Crippen molar-refractivity contribution >= 4 is 35.2 Å². The third kappa shape index (κ3) is 7.07. The van der Waals surface area contributed by atoms with Crippen LogP contribution in [0.5, 0.6) is 0 Å². The molecule has 2 unspecified atom stereocenters. The SMILES string of the molecule is CNCCNC(=O)c1ccc(NC(=O)Nc2ccc(-c3nc(N4CC5CCC(C4)O5)nc(N4CCOC[C@@H]4C)n3)cc2)cc1. The molecule has 13 heteroatoms. The van der Waals surface area contributed by atoms with Crippen LogP contribution in [0.15, 0.2) is 48.5 Å². The molecule has 0 radical (unpaired) electrons. The molecule has 3 saturated heterocycles. The Labute approximate surface area is 256 Å². The number of amides is 3. The molecule has 44 heavy (non-hydrogen) atoms. The highest BCUT2D eigenvalue weighted by Crippen LogP contribution is 2.30. The molecule has 232 valence electrons. The molecule has 4 heterocycles. The van der Waals surface area contributed by atoms with Crippen LogP contribution in [-0.2, 0) is 9.47 Å². The lowest BCUT2D eigenvalue weighted by Crippen LogP contribution is -2.46. The number of fused-ring (bicyclic) bond motifs is 2. The zero-order valence-electron chi connectivity index (χ0n) is 25.1. The Hall–Kier alpha value is -4.33. The lowest BCUT2D eigenvalue weighted by molar-refractivity contribution is 0.0299. The third-order valence-electron chi connectivity index (χ3n) is 8.03. The molecular weight excluding hydrogens is 562 g/mol. The van der Waals surface area contributed by atoms with Crippen molar-refractivity contribution in [2.24, 2.45) is 0 Å². The van der Waals surface area contributed by atoms with Crippen LogP contribution in [0.2, 0.25) is 0 Å². The molecular formula is C31H39N9O4. The number of benzene rings is 2. The number of hydrogen-bond acceptors (Lipinski definition) is 10. The van der Waals surface area contributed by atoms with E-state index >= 15 is 0 Å². The summed E-state index contributed by atoms with van der Waals surface area (Å²) in [5.41, 5.74) is 2.54. The summed E-state index contributed by atoms with van der Waals surface area (Å²) in [4.78, 5) is 44.0. The van der Waals surface area contributed by atoms with Gasteiger partial charge in [0.2, 0.25) is 11.9 Å². The van der Waals surface area contributed by atoms with Gasteiger partial charge < -0.3 is 40.5 Å². The first-order valence-corrected chi connectivity index (χ1v) is 15.2. The van der Waals surface area contributed by atoms with Gasteiger partial charge in [0.15, 0.2) is 5.82 Å². The molecule has 13 nitrogen and oxygen atoms in total. The normalized spacial score (nSPS) is 21.2. The first kappa shape index (κ1) is 29.7. The molecule has 0 aliphatic carbocycles. The predicted octanol–water partition coefficient (Wildman–Crippen LogP) is 2.72. The summed E-state index contributed by atoms with van der Waals surface area (Å²) in [6.07, 6.45) is 2.55. The summed E-state index contributed by atoms with van der Waals surface area (Å²) >= 11 is 0. The molecule has 3 fully saturated rings. The van der Waals surface area contributed by atoms with Crippen molar-refractivity contribution < 1.29 is 19.1 Å². The largest absolute Gasteiger partial charge is 0.377 e. The molecule has 3 aliphatic rings. The monoisotopic (exact) mass is 601 g/mol. The van der Waals surface area contributed by atoms with Gasteiger partial charge in [-0.3, -0.25) is 4.79 Å². The fourth-order valence-corrected chi connectivity index (χ4v) is 5.66. The van der Waals surface area contributed by atoms with Gasteiger partial charge in [0.25, 0.3) is 5.91 Å². The number of urea groups is 1. The smallest absolute Gasteiger partial charge is 0.323 e. The van der Waals surface area contributed by atoms with Crippen molar-refractivity contribution in [1.82, 2.24) is 25.6 Å². The van der Waals surface area contributed by atoms with Crippen molar-refractivity contribution in [1.29, 1.82) is 0 Å². The summed E-state index contributed by atoms with van der Waals surface area (Å²) in [6.45, 7) is 6.83. The highest BCUT2D eigenvalue weighted by molar-refractivity contribution is 6.00. The minimum absolute atomic E-state index is 0.148. The summed E-state index contributed by atoms with van der Waals surface area (Å²) in [7, 11) is 1.83. The molecule has 3 aromatic rings. The van der Waals surface area contributed by atoms with Gasteiger partial charge in [0.1, 0.15) is 0 Å². The Bertz CT molecular complexity index is 1440. The Morgan fingerprint density at radius 2 is 1.55 bits per heavy atom. The van der Waals surface area contributed by atoms with Crippen LogP contribution in [0.4, 0.5) is 28.1 Å². The van der Waals surface area contributed by atoms with Gasteiger partial charge in [-0.05, 0) is 75.3 Å². The Kier molecular flexibility index (Phi) is 9.15. The first-order chi connectivity index (χ1) is 21.4. The average Bonchev–Trinajstić information content (AvgIpc) is 3.38. The average molecular weight is 602 g/mol. The van der Waals surface area contributed by atoms with Crippen LogP contribution in [0, 0.1) is 0 Å². The zero-order chi connectivity index (χ0) is 30.5. The summed E-state index contributed by atoms with van der Waals surface area (Å²) in [6, 6.07) is 13.9. The number of nitrogens with one attached hydrogen (secondary N) is 4. The van der Waals surface area contributed by atoms with Gasteiger partial charge in [-0.25, -0.2) is 4.79 Å². The first-order valence-electron chi connectivity index (χ1n) is 15.2. The summed E-state index contributed by atoms with van der Waals surface area (Å²) < 4.78 is 11.7.